The third-order valence-electron chi connectivity index (χ3n) is 14.4. The van der Waals surface area contributed by atoms with Crippen molar-refractivity contribution in [3.8, 4) is 50.9 Å². The van der Waals surface area contributed by atoms with E-state index in [1.165, 1.54) is 22.8 Å². The van der Waals surface area contributed by atoms with Crippen molar-refractivity contribution >= 4 is 61.7 Å². The van der Waals surface area contributed by atoms with Gasteiger partial charge in [0.1, 0.15) is 5.82 Å². The summed E-state index contributed by atoms with van der Waals surface area (Å²) in [4.78, 5) is 4.83. The minimum Gasteiger partial charge on any atom is -0.510 e. The summed E-state index contributed by atoms with van der Waals surface area (Å²) in [5, 5.41) is -0.519. The van der Waals surface area contributed by atoms with Gasteiger partial charge >= 0.3 is 0 Å². The second-order valence-corrected chi connectivity index (χ2v) is 24.9. The van der Waals surface area contributed by atoms with Crippen molar-refractivity contribution in [3.63, 3.8) is 0 Å². The molecular weight excluding hydrogens is 1180 g/mol. The van der Waals surface area contributed by atoms with Crippen LogP contribution in [0.5, 0.6) is 11.5 Å². The predicted molar refractivity (Wildman–Crippen MR) is 332 cm³/mol. The van der Waals surface area contributed by atoms with Crippen LogP contribution in [0.2, 0.25) is 0 Å². The molecule has 5 nitrogen and oxygen atoms in total. The number of hydrogen-bond acceptors (Lipinski definition) is 2. The first-order chi connectivity index (χ1) is 47.2. The molecule has 0 bridgehead atoms. The SMILES string of the molecule is [2H]c1c([2H])c([2H])c(-c2cccc(-c3cccc(C(C)(C)C)c3)c2-[n+]2[c-]n(-c3[c-]c(Oc4[c-]c5c(cc4)c4ccccc4n5-c4cc(C(C)(C)C)ccn4)ccc3)c3cc([Si](c4c([2H])c([2H])c([2H])c([2H])c4[2H])(c4c([2H])c([2H])c([2H])c([2H])c4[2H])c4c([2H])c([2H])c([2H])c([2H])c4[2H])ccc32)c([2H])c1[2H].[Pt]. The van der Waals surface area contributed by atoms with Gasteiger partial charge < -0.3 is 13.9 Å². The molecule has 13 aromatic rings. The monoisotopic (exact) mass is 1260 g/mol. The number of benzene rings is 10. The molecule has 3 heterocycles. The Hall–Kier alpha value is -8.67. The van der Waals surface area contributed by atoms with Crippen molar-refractivity contribution in [2.45, 2.75) is 52.4 Å². The average Bonchev–Trinajstić information content (AvgIpc) is 1.55. The first-order valence-corrected chi connectivity index (χ1v) is 27.9. The third kappa shape index (κ3) is 9.67. The minimum absolute atomic E-state index is 0. The maximum Gasteiger partial charge on any atom is 0.268 e. The van der Waals surface area contributed by atoms with E-state index in [9.17, 15) is 19.2 Å². The number of hydrogen-bond donors (Lipinski definition) is 0. The molecule has 398 valence electrons. The maximum atomic E-state index is 9.84. The maximum absolute atomic E-state index is 9.84. The number of ether oxygens (including phenoxy) is 1. The Bertz CT molecular complexity index is 5380. The quantitative estimate of drug-likeness (QED) is 0.0560. The molecule has 0 fully saturated rings. The van der Waals surface area contributed by atoms with Gasteiger partial charge in [0, 0.05) is 44.3 Å². The number of pyridine rings is 1. The molecule has 3 aromatic heterocycles. The van der Waals surface area contributed by atoms with E-state index < -0.39 is 150 Å². The molecule has 0 spiro atoms. The number of rotatable bonds is 11. The van der Waals surface area contributed by atoms with Crippen LogP contribution in [-0.4, -0.2) is 22.2 Å². The van der Waals surface area contributed by atoms with E-state index in [0.29, 0.717) is 22.5 Å². The summed E-state index contributed by atoms with van der Waals surface area (Å²) in [5.41, 5.74) is 4.52. The summed E-state index contributed by atoms with van der Waals surface area (Å²) < 4.78 is 198. The summed E-state index contributed by atoms with van der Waals surface area (Å²) in [6.07, 6.45) is 5.27. The van der Waals surface area contributed by atoms with E-state index in [0.717, 1.165) is 27.4 Å². The average molecular weight is 1260 g/mol. The van der Waals surface area contributed by atoms with Crippen LogP contribution in [-0.2, 0) is 31.9 Å². The van der Waals surface area contributed by atoms with Gasteiger partial charge in [-0.05, 0) is 94.2 Å². The normalized spacial score (nSPS) is 15.4. The Balaban J connectivity index is 0.00000965. The van der Waals surface area contributed by atoms with E-state index in [1.54, 1.807) is 53.2 Å². The Morgan fingerprint density at radius 1 is 0.506 bits per heavy atom. The number of aromatic nitrogens is 4. The fourth-order valence-electron chi connectivity index (χ4n) is 10.5. The summed E-state index contributed by atoms with van der Waals surface area (Å²) in [6.45, 7) is 12.5. The van der Waals surface area contributed by atoms with E-state index >= 15 is 0 Å². The van der Waals surface area contributed by atoms with Crippen LogP contribution in [0.15, 0.2) is 254 Å². The largest absolute Gasteiger partial charge is 0.510 e. The van der Waals surface area contributed by atoms with Crippen LogP contribution < -0.4 is 30.1 Å². The minimum atomic E-state index is -5.74. The smallest absolute Gasteiger partial charge is 0.268 e. The molecule has 0 saturated heterocycles. The number of imidazole rings is 1. The molecule has 0 saturated carbocycles. The molecule has 0 amide bonds. The van der Waals surface area contributed by atoms with Gasteiger partial charge in [0.2, 0.25) is 0 Å². The van der Waals surface area contributed by atoms with Crippen molar-refractivity contribution in [1.29, 1.82) is 0 Å². The Morgan fingerprint density at radius 3 is 1.77 bits per heavy atom. The predicted octanol–water partition coefficient (Wildman–Crippen LogP) is 14.9. The second kappa shape index (κ2) is 21.4. The molecule has 0 aliphatic rings. The van der Waals surface area contributed by atoms with Crippen LogP contribution in [0.4, 0.5) is 0 Å². The topological polar surface area (TPSA) is 35.9 Å². The summed E-state index contributed by atoms with van der Waals surface area (Å²) >= 11 is 0. The molecule has 0 aliphatic carbocycles. The molecular formula is C74H60N4OPtSi-2. The number of nitrogens with zero attached hydrogens (tertiary/aromatic N) is 4. The van der Waals surface area contributed by atoms with Gasteiger partial charge in [-0.15, -0.1) is 29.7 Å². The molecule has 0 radical (unpaired) electrons. The molecule has 13 rings (SSSR count). The molecule has 0 N–H and O–H groups in total. The number of fused-ring (bicyclic) bond motifs is 4. The molecule has 0 aliphatic heterocycles. The molecule has 7 heteroatoms. The molecule has 0 unspecified atom stereocenters. The van der Waals surface area contributed by atoms with Crippen molar-refractivity contribution in [2.75, 3.05) is 0 Å². The van der Waals surface area contributed by atoms with Gasteiger partial charge in [0.05, 0.1) is 44.1 Å². The van der Waals surface area contributed by atoms with E-state index in [4.69, 9.17) is 17.9 Å². The first kappa shape index (κ1) is 34.5. The van der Waals surface area contributed by atoms with Gasteiger partial charge in [0.15, 0.2) is 8.07 Å². The molecule has 0 atom stereocenters. The summed E-state index contributed by atoms with van der Waals surface area (Å²) in [5.74, 6) is 1.04. The van der Waals surface area contributed by atoms with Crippen LogP contribution in [0, 0.1) is 18.5 Å². The van der Waals surface area contributed by atoms with E-state index in [2.05, 4.69) is 39.2 Å². The molecule has 10 aromatic carbocycles. The third-order valence-corrected chi connectivity index (χ3v) is 18.6. The van der Waals surface area contributed by atoms with Gasteiger partial charge in [-0.3, -0.25) is 4.57 Å². The van der Waals surface area contributed by atoms with Crippen LogP contribution >= 0.6 is 0 Å². The van der Waals surface area contributed by atoms with E-state index in [-0.39, 0.29) is 76.7 Å². The zero-order chi connectivity index (χ0) is 72.0. The fourth-order valence-corrected chi connectivity index (χ4v) is 14.3. The van der Waals surface area contributed by atoms with Crippen LogP contribution in [0.3, 0.4) is 0 Å². The van der Waals surface area contributed by atoms with Gasteiger partial charge in [-0.25, -0.2) is 4.98 Å². The van der Waals surface area contributed by atoms with Gasteiger partial charge in [-0.1, -0.05) is 247 Å². The fraction of sp³-hybridized carbons (Fsp3) is 0.108. The van der Waals surface area contributed by atoms with Crippen molar-refractivity contribution in [2.24, 2.45) is 0 Å². The summed E-state index contributed by atoms with van der Waals surface area (Å²) in [7, 11) is -5.74. The van der Waals surface area contributed by atoms with Crippen molar-refractivity contribution in [1.82, 2.24) is 14.1 Å². The zero-order valence-corrected chi connectivity index (χ0v) is 48.0. The molecule has 81 heavy (non-hydrogen) atoms. The first-order valence-electron chi connectivity index (χ1n) is 35.9. The van der Waals surface area contributed by atoms with Crippen molar-refractivity contribution in [3.05, 3.63) is 284 Å². The van der Waals surface area contributed by atoms with Crippen LogP contribution in [0.25, 0.3) is 72.3 Å². The van der Waals surface area contributed by atoms with Gasteiger partial charge in [-0.2, -0.15) is 18.2 Å². The summed E-state index contributed by atoms with van der Waals surface area (Å²) in [6, 6.07) is 27.7. The van der Waals surface area contributed by atoms with Crippen LogP contribution in [0.1, 0.15) is 80.1 Å². The zero-order valence-electron chi connectivity index (χ0n) is 64.7. The van der Waals surface area contributed by atoms with Crippen molar-refractivity contribution < 1.29 is 57.8 Å². The Labute approximate surface area is 518 Å². The Kier molecular flexibility index (Phi) is 9.11. The van der Waals surface area contributed by atoms with E-state index in [1.807, 2.05) is 92.1 Å². The Morgan fingerprint density at radius 2 is 1.10 bits per heavy atom. The number of para-hydroxylation sites is 2. The standard InChI is InChI=1S/C74H60N4OSi.Pt/c1-73(2,3)54-27-21-26-53(46-54)64-38-23-37-63(52-24-11-7-12-25-52)72(64)77-51-76(70-50-62(41-43-68(70)77)80(59-30-13-8-14-31-59,60-32-15-9-16-33-60)61-34-17-10-18-35-61)56-28-22-29-57(48-56)79-58-40-42-66-65-36-19-20-39-67(65)78(69(66)49-58)71-47-55(44-45-75-71)74(4,5)6;/h7-47,50H,1-6H3;/q-2;/i7D,8D,9D,10D,11D,12D,13D,14D,15D,16D,17D,18D,24D,25D,30D,31D,32D,33D,34D,35D;. The second-order valence-electron chi connectivity index (χ2n) is 21.3. The van der Waals surface area contributed by atoms with Gasteiger partial charge in [0.25, 0.3) is 6.33 Å².